The lowest BCUT2D eigenvalue weighted by atomic mass is 10.0. The van der Waals surface area contributed by atoms with Gasteiger partial charge in [-0.05, 0) is 30.0 Å². The number of hydrogen-bond acceptors (Lipinski definition) is 4. The molecule has 110 valence electrons. The number of hydrogen-bond donors (Lipinski definition) is 2. The van der Waals surface area contributed by atoms with Crippen molar-refractivity contribution in [2.75, 3.05) is 12.8 Å². The van der Waals surface area contributed by atoms with E-state index in [-0.39, 0.29) is 11.8 Å². The molecule has 0 saturated heterocycles. The van der Waals surface area contributed by atoms with Crippen molar-refractivity contribution in [2.24, 2.45) is 5.92 Å². The van der Waals surface area contributed by atoms with Gasteiger partial charge in [-0.1, -0.05) is 26.0 Å². The lowest BCUT2D eigenvalue weighted by Crippen LogP contribution is -2.45. The second kappa shape index (κ2) is 7.53. The summed E-state index contributed by atoms with van der Waals surface area (Å²) in [7, 11) is 1.32. The molecule has 0 aromatic heterocycles. The smallest absolute Gasteiger partial charge is 0.328 e. The van der Waals surface area contributed by atoms with Crippen molar-refractivity contribution < 1.29 is 14.3 Å². The number of aryl methyl sites for hydroxylation is 1. The van der Waals surface area contributed by atoms with Gasteiger partial charge in [-0.2, -0.15) is 0 Å². The maximum atomic E-state index is 11.9. The molecular weight excluding hydrogens is 256 g/mol. The number of nitrogen functional groups attached to an aromatic ring is 1. The van der Waals surface area contributed by atoms with Gasteiger partial charge in [0.05, 0.1) is 7.11 Å². The summed E-state index contributed by atoms with van der Waals surface area (Å²) in [5, 5.41) is 2.71. The van der Waals surface area contributed by atoms with Gasteiger partial charge in [-0.25, -0.2) is 4.79 Å². The summed E-state index contributed by atoms with van der Waals surface area (Å²) in [4.78, 5) is 23.4. The number of benzene rings is 1. The van der Waals surface area contributed by atoms with E-state index in [1.54, 1.807) is 6.07 Å². The number of ether oxygens (including phenoxy) is 1. The summed E-state index contributed by atoms with van der Waals surface area (Å²) in [6, 6.07) is 6.81. The van der Waals surface area contributed by atoms with Crippen molar-refractivity contribution in [1.82, 2.24) is 5.32 Å². The van der Waals surface area contributed by atoms with Crippen LogP contribution in [0.25, 0.3) is 0 Å². The lowest BCUT2D eigenvalue weighted by molar-refractivity contribution is -0.146. The molecule has 1 unspecified atom stereocenters. The normalized spacial score (nSPS) is 12.0. The zero-order chi connectivity index (χ0) is 15.1. The fourth-order valence-corrected chi connectivity index (χ4v) is 1.88. The molecule has 1 atom stereocenters. The fraction of sp³-hybridized carbons (Fsp3) is 0.467. The Morgan fingerprint density at radius 1 is 1.35 bits per heavy atom. The minimum atomic E-state index is -0.603. The zero-order valence-corrected chi connectivity index (χ0v) is 12.2. The molecule has 0 fully saturated rings. The molecule has 0 radical (unpaired) electrons. The van der Waals surface area contributed by atoms with Crippen LogP contribution in [-0.2, 0) is 20.7 Å². The van der Waals surface area contributed by atoms with Crippen LogP contribution >= 0.6 is 0 Å². The number of carbonyl (C=O) groups excluding carboxylic acids is 2. The van der Waals surface area contributed by atoms with Crippen LogP contribution in [0.2, 0.25) is 0 Å². The second-order valence-electron chi connectivity index (χ2n) is 5.06. The van der Waals surface area contributed by atoms with Gasteiger partial charge < -0.3 is 15.8 Å². The predicted octanol–water partition coefficient (Wildman–Crippen LogP) is 1.52. The summed E-state index contributed by atoms with van der Waals surface area (Å²) in [6.07, 6.45) is 0.895. The van der Waals surface area contributed by atoms with E-state index in [1.807, 2.05) is 32.0 Å². The van der Waals surface area contributed by atoms with Crippen molar-refractivity contribution in [2.45, 2.75) is 32.7 Å². The van der Waals surface area contributed by atoms with Crippen LogP contribution in [0.3, 0.4) is 0 Å². The number of esters is 1. The molecule has 0 aliphatic rings. The molecule has 5 nitrogen and oxygen atoms in total. The number of nitrogens with one attached hydrogen (secondary N) is 1. The number of rotatable bonds is 6. The highest BCUT2D eigenvalue weighted by Crippen LogP contribution is 2.09. The quantitative estimate of drug-likeness (QED) is 0.610. The van der Waals surface area contributed by atoms with Gasteiger partial charge in [0.2, 0.25) is 5.91 Å². The molecule has 5 heteroatoms. The molecule has 3 N–H and O–H groups in total. The van der Waals surface area contributed by atoms with E-state index >= 15 is 0 Å². The molecular formula is C15H22N2O3. The van der Waals surface area contributed by atoms with Crippen LogP contribution in [0.4, 0.5) is 5.69 Å². The van der Waals surface area contributed by atoms with Crippen molar-refractivity contribution >= 4 is 17.6 Å². The number of nitrogens with two attached hydrogens (primary N) is 1. The van der Waals surface area contributed by atoms with Gasteiger partial charge in [-0.15, -0.1) is 0 Å². The van der Waals surface area contributed by atoms with E-state index < -0.39 is 12.0 Å². The third-order valence-electron chi connectivity index (χ3n) is 3.03. The van der Waals surface area contributed by atoms with E-state index in [4.69, 9.17) is 5.73 Å². The molecule has 0 spiro atoms. The Morgan fingerprint density at radius 3 is 2.60 bits per heavy atom. The molecule has 1 aromatic carbocycles. The molecule has 0 bridgehead atoms. The standard InChI is InChI=1S/C15H22N2O3/c1-10(2)14(15(19)20-3)17-13(18)8-7-11-5-4-6-12(16)9-11/h4-6,9-10,14H,7-8,16H2,1-3H3,(H,17,18). The Labute approximate surface area is 119 Å². The van der Waals surface area contributed by atoms with Crippen molar-refractivity contribution in [3.05, 3.63) is 29.8 Å². The Bertz CT molecular complexity index is 472. The minimum Gasteiger partial charge on any atom is -0.467 e. The fourth-order valence-electron chi connectivity index (χ4n) is 1.88. The van der Waals surface area contributed by atoms with Gasteiger partial charge in [0.1, 0.15) is 6.04 Å². The van der Waals surface area contributed by atoms with E-state index in [1.165, 1.54) is 7.11 Å². The van der Waals surface area contributed by atoms with Crippen molar-refractivity contribution in [3.63, 3.8) is 0 Å². The van der Waals surface area contributed by atoms with Crippen molar-refractivity contribution in [3.8, 4) is 0 Å². The highest BCUT2D eigenvalue weighted by atomic mass is 16.5. The van der Waals surface area contributed by atoms with Crippen LogP contribution in [-0.4, -0.2) is 25.0 Å². The highest BCUT2D eigenvalue weighted by molar-refractivity contribution is 5.84. The van der Waals surface area contributed by atoms with Gasteiger partial charge in [0.15, 0.2) is 0 Å². The molecule has 0 aliphatic heterocycles. The Hall–Kier alpha value is -2.04. The largest absolute Gasteiger partial charge is 0.467 e. The third-order valence-corrected chi connectivity index (χ3v) is 3.03. The average molecular weight is 278 g/mol. The number of amides is 1. The first-order valence-corrected chi connectivity index (χ1v) is 6.65. The maximum Gasteiger partial charge on any atom is 0.328 e. The first kappa shape index (κ1) is 16.0. The minimum absolute atomic E-state index is 0.0150. The van der Waals surface area contributed by atoms with Gasteiger partial charge >= 0.3 is 5.97 Å². The van der Waals surface area contributed by atoms with Gasteiger partial charge in [0, 0.05) is 12.1 Å². The van der Waals surface area contributed by atoms with Gasteiger partial charge in [-0.3, -0.25) is 4.79 Å². The summed E-state index contributed by atoms with van der Waals surface area (Å²) >= 11 is 0. The predicted molar refractivity (Wildman–Crippen MR) is 78.0 cm³/mol. The zero-order valence-electron chi connectivity index (χ0n) is 12.2. The molecule has 20 heavy (non-hydrogen) atoms. The second-order valence-corrected chi connectivity index (χ2v) is 5.06. The first-order chi connectivity index (χ1) is 9.43. The topological polar surface area (TPSA) is 81.4 Å². The summed E-state index contributed by atoms with van der Waals surface area (Å²) < 4.78 is 4.68. The van der Waals surface area contributed by atoms with Crippen LogP contribution in [0.15, 0.2) is 24.3 Å². The summed E-state index contributed by atoms with van der Waals surface area (Å²) in [5.74, 6) is -0.604. The SMILES string of the molecule is COC(=O)C(NC(=O)CCc1cccc(N)c1)C(C)C. The first-order valence-electron chi connectivity index (χ1n) is 6.65. The Morgan fingerprint density at radius 2 is 2.05 bits per heavy atom. The van der Waals surface area contributed by atoms with E-state index in [0.717, 1.165) is 5.56 Å². The Kier molecular flexibility index (Phi) is 6.03. The van der Waals surface area contributed by atoms with Crippen LogP contribution in [0, 0.1) is 5.92 Å². The molecule has 0 aliphatic carbocycles. The van der Waals surface area contributed by atoms with E-state index in [0.29, 0.717) is 18.5 Å². The van der Waals surface area contributed by atoms with Crippen LogP contribution in [0.1, 0.15) is 25.8 Å². The maximum absolute atomic E-state index is 11.9. The molecule has 0 heterocycles. The Balaban J connectivity index is 2.52. The number of carbonyl (C=O) groups is 2. The highest BCUT2D eigenvalue weighted by Gasteiger charge is 2.24. The molecule has 0 saturated carbocycles. The molecule has 1 rings (SSSR count). The van der Waals surface area contributed by atoms with Gasteiger partial charge in [0.25, 0.3) is 0 Å². The number of anilines is 1. The van der Waals surface area contributed by atoms with E-state index in [2.05, 4.69) is 10.1 Å². The lowest BCUT2D eigenvalue weighted by Gasteiger charge is -2.19. The monoisotopic (exact) mass is 278 g/mol. The molecule has 1 amide bonds. The summed E-state index contributed by atoms with van der Waals surface area (Å²) in [5.41, 5.74) is 7.36. The molecule has 1 aromatic rings. The van der Waals surface area contributed by atoms with Crippen LogP contribution < -0.4 is 11.1 Å². The number of methoxy groups -OCH3 is 1. The average Bonchev–Trinajstić information content (AvgIpc) is 2.41. The van der Waals surface area contributed by atoms with E-state index in [9.17, 15) is 9.59 Å². The van der Waals surface area contributed by atoms with Crippen LogP contribution in [0.5, 0.6) is 0 Å². The third kappa shape index (κ3) is 4.91. The van der Waals surface area contributed by atoms with Crippen molar-refractivity contribution in [1.29, 1.82) is 0 Å². The summed E-state index contributed by atoms with van der Waals surface area (Å²) in [6.45, 7) is 3.72.